The highest BCUT2D eigenvalue weighted by molar-refractivity contribution is 4.55. The molecule has 0 saturated heterocycles. The largest absolute Gasteiger partial charge is 0.317 e. The Labute approximate surface area is 50.3 Å². The maximum Gasteiger partial charge on any atom is 0.112 e. The molecule has 0 heterocycles. The van der Waals surface area contributed by atoms with Crippen molar-refractivity contribution in [3.63, 3.8) is 0 Å². The number of halogens is 1. The van der Waals surface area contributed by atoms with Crippen LogP contribution < -0.4 is 5.32 Å². The molecule has 8 heavy (non-hydrogen) atoms. The summed E-state index contributed by atoms with van der Waals surface area (Å²) in [6.45, 7) is 2.48. The average Bonchev–Trinajstić information content (AvgIpc) is 1.68. The fraction of sp³-hybridized carbons (Fsp3) is 1.00. The van der Waals surface area contributed by atoms with E-state index < -0.39 is 6.17 Å². The van der Waals surface area contributed by atoms with Gasteiger partial charge in [0.25, 0.3) is 0 Å². The van der Waals surface area contributed by atoms with Gasteiger partial charge in [0.15, 0.2) is 0 Å². The Kier molecular flexibility index (Phi) is 4.97. The zero-order chi connectivity index (χ0) is 6.41. The van der Waals surface area contributed by atoms with Gasteiger partial charge in [0.1, 0.15) is 6.17 Å². The van der Waals surface area contributed by atoms with Crippen LogP contribution in [-0.2, 0) is 0 Å². The van der Waals surface area contributed by atoms with Crippen molar-refractivity contribution >= 4 is 0 Å². The molecule has 0 unspecified atom stereocenters. The predicted molar refractivity (Wildman–Crippen MR) is 33.7 cm³/mol. The predicted octanol–water partition coefficient (Wildman–Crippen LogP) is 1.34. The van der Waals surface area contributed by atoms with E-state index in [1.807, 2.05) is 6.92 Å². The Morgan fingerprint density at radius 1 is 1.62 bits per heavy atom. The van der Waals surface area contributed by atoms with Crippen molar-refractivity contribution < 1.29 is 4.39 Å². The van der Waals surface area contributed by atoms with Gasteiger partial charge in [-0.25, -0.2) is 4.39 Å². The molecule has 1 N–H and O–H groups in total. The smallest absolute Gasteiger partial charge is 0.112 e. The molecule has 1 atom stereocenters. The van der Waals surface area contributed by atoms with E-state index in [-0.39, 0.29) is 0 Å². The molecule has 0 amide bonds. The molecule has 0 aliphatic carbocycles. The molecule has 0 spiro atoms. The van der Waals surface area contributed by atoms with Crippen molar-refractivity contribution in [1.29, 1.82) is 0 Å². The minimum atomic E-state index is -0.648. The highest BCUT2D eigenvalue weighted by atomic mass is 19.1. The third kappa shape index (κ3) is 4.06. The zero-order valence-electron chi connectivity index (χ0n) is 5.58. The molecule has 0 aliphatic heterocycles. The molecule has 2 heteroatoms. The zero-order valence-corrected chi connectivity index (χ0v) is 5.58. The van der Waals surface area contributed by atoms with Gasteiger partial charge in [0.05, 0.1) is 0 Å². The van der Waals surface area contributed by atoms with Crippen LogP contribution in [0.2, 0.25) is 0 Å². The van der Waals surface area contributed by atoms with Gasteiger partial charge in [0, 0.05) is 6.54 Å². The van der Waals surface area contributed by atoms with E-state index in [2.05, 4.69) is 5.32 Å². The molecule has 0 fully saturated rings. The second-order valence-electron chi connectivity index (χ2n) is 1.94. The number of rotatable bonds is 4. The first-order valence-electron chi connectivity index (χ1n) is 3.10. The Balaban J connectivity index is 2.92. The minimum absolute atomic E-state index is 0.494. The summed E-state index contributed by atoms with van der Waals surface area (Å²) in [5, 5.41) is 2.78. The molecule has 0 aliphatic rings. The quantitative estimate of drug-likeness (QED) is 0.589. The first-order chi connectivity index (χ1) is 3.81. The van der Waals surface area contributed by atoms with Crippen LogP contribution in [0.3, 0.4) is 0 Å². The van der Waals surface area contributed by atoms with E-state index >= 15 is 0 Å². The van der Waals surface area contributed by atoms with Gasteiger partial charge in [0.2, 0.25) is 0 Å². The van der Waals surface area contributed by atoms with E-state index in [0.29, 0.717) is 13.0 Å². The average molecular weight is 119 g/mol. The van der Waals surface area contributed by atoms with Gasteiger partial charge in [-0.05, 0) is 13.5 Å². The Morgan fingerprint density at radius 3 is 2.62 bits per heavy atom. The first-order valence-corrected chi connectivity index (χ1v) is 3.10. The SMILES string of the molecule is CCC[C@@H](F)CNC. The van der Waals surface area contributed by atoms with Gasteiger partial charge < -0.3 is 5.32 Å². The fourth-order valence-corrected chi connectivity index (χ4v) is 0.637. The van der Waals surface area contributed by atoms with E-state index in [1.165, 1.54) is 0 Å². The van der Waals surface area contributed by atoms with Gasteiger partial charge in [-0.1, -0.05) is 13.3 Å². The number of hydrogen-bond acceptors (Lipinski definition) is 1. The molecule has 0 aromatic heterocycles. The number of hydrogen-bond donors (Lipinski definition) is 1. The summed E-state index contributed by atoms with van der Waals surface area (Å²) in [5.74, 6) is 0. The van der Waals surface area contributed by atoms with Crippen LogP contribution in [0.15, 0.2) is 0 Å². The van der Waals surface area contributed by atoms with E-state index in [1.54, 1.807) is 7.05 Å². The molecule has 0 saturated carbocycles. The van der Waals surface area contributed by atoms with Crippen molar-refractivity contribution in [3.05, 3.63) is 0 Å². The molecule has 50 valence electrons. The Morgan fingerprint density at radius 2 is 2.25 bits per heavy atom. The second-order valence-corrected chi connectivity index (χ2v) is 1.94. The van der Waals surface area contributed by atoms with Crippen LogP contribution >= 0.6 is 0 Å². The molecule has 0 rings (SSSR count). The third-order valence-corrected chi connectivity index (χ3v) is 1.03. The van der Waals surface area contributed by atoms with E-state index in [0.717, 1.165) is 6.42 Å². The van der Waals surface area contributed by atoms with Crippen LogP contribution in [0.25, 0.3) is 0 Å². The van der Waals surface area contributed by atoms with Gasteiger partial charge in [-0.3, -0.25) is 0 Å². The highest BCUT2D eigenvalue weighted by Crippen LogP contribution is 1.98. The minimum Gasteiger partial charge on any atom is -0.317 e. The summed E-state index contributed by atoms with van der Waals surface area (Å²) < 4.78 is 12.3. The number of nitrogens with one attached hydrogen (secondary N) is 1. The van der Waals surface area contributed by atoms with Crippen molar-refractivity contribution in [3.8, 4) is 0 Å². The lowest BCUT2D eigenvalue weighted by atomic mass is 10.2. The van der Waals surface area contributed by atoms with Crippen molar-refractivity contribution in [1.82, 2.24) is 5.32 Å². The van der Waals surface area contributed by atoms with Crippen molar-refractivity contribution in [2.45, 2.75) is 25.9 Å². The molecule has 0 aromatic carbocycles. The summed E-state index contributed by atoms with van der Waals surface area (Å²) in [4.78, 5) is 0. The fourth-order valence-electron chi connectivity index (χ4n) is 0.637. The van der Waals surface area contributed by atoms with Crippen molar-refractivity contribution in [2.24, 2.45) is 0 Å². The normalized spacial score (nSPS) is 13.9. The monoisotopic (exact) mass is 119 g/mol. The summed E-state index contributed by atoms with van der Waals surface area (Å²) in [7, 11) is 1.77. The van der Waals surface area contributed by atoms with Gasteiger partial charge in [-0.2, -0.15) is 0 Å². The number of alkyl halides is 1. The summed E-state index contributed by atoms with van der Waals surface area (Å²) in [6.07, 6.45) is 0.967. The van der Waals surface area contributed by atoms with Crippen LogP contribution in [0.5, 0.6) is 0 Å². The lowest BCUT2D eigenvalue weighted by molar-refractivity contribution is 0.305. The molecular formula is C6H14FN. The van der Waals surface area contributed by atoms with Crippen LogP contribution in [0.1, 0.15) is 19.8 Å². The standard InChI is InChI=1S/C6H14FN/c1-3-4-6(7)5-8-2/h6,8H,3-5H2,1-2H3/t6-/m1/s1. The van der Waals surface area contributed by atoms with Crippen molar-refractivity contribution in [2.75, 3.05) is 13.6 Å². The summed E-state index contributed by atoms with van der Waals surface area (Å²) in [5.41, 5.74) is 0. The molecule has 0 aromatic rings. The molecule has 0 radical (unpaired) electrons. The van der Waals surface area contributed by atoms with Gasteiger partial charge in [-0.15, -0.1) is 0 Å². The van der Waals surface area contributed by atoms with Gasteiger partial charge >= 0.3 is 0 Å². The molecule has 0 bridgehead atoms. The van der Waals surface area contributed by atoms with Crippen LogP contribution in [0.4, 0.5) is 4.39 Å². The summed E-state index contributed by atoms with van der Waals surface area (Å²) in [6, 6.07) is 0. The molecular weight excluding hydrogens is 105 g/mol. The van der Waals surface area contributed by atoms with E-state index in [9.17, 15) is 4.39 Å². The lowest BCUT2D eigenvalue weighted by Gasteiger charge is -2.02. The second kappa shape index (κ2) is 5.04. The molecule has 1 nitrogen and oxygen atoms in total. The maximum atomic E-state index is 12.3. The Hall–Kier alpha value is -0.110. The highest BCUT2D eigenvalue weighted by Gasteiger charge is 2.00. The van der Waals surface area contributed by atoms with Crippen LogP contribution in [0, 0.1) is 0 Å². The first kappa shape index (κ1) is 7.89. The third-order valence-electron chi connectivity index (χ3n) is 1.03. The van der Waals surface area contributed by atoms with Crippen LogP contribution in [-0.4, -0.2) is 19.8 Å². The Bertz CT molecular complexity index is 41.8. The maximum absolute atomic E-state index is 12.3. The van der Waals surface area contributed by atoms with E-state index in [4.69, 9.17) is 0 Å². The topological polar surface area (TPSA) is 12.0 Å². The lowest BCUT2D eigenvalue weighted by Crippen LogP contribution is -2.19. The summed E-state index contributed by atoms with van der Waals surface area (Å²) >= 11 is 0.